The van der Waals surface area contributed by atoms with Gasteiger partial charge in [-0.15, -0.1) is 5.10 Å². The summed E-state index contributed by atoms with van der Waals surface area (Å²) in [6.07, 6.45) is 2.01. The van der Waals surface area contributed by atoms with Crippen molar-refractivity contribution in [2.75, 3.05) is 24.1 Å². The number of aromatic nitrogens is 3. The Kier molecular flexibility index (Phi) is 4.08. The van der Waals surface area contributed by atoms with Crippen molar-refractivity contribution in [3.8, 4) is 0 Å². The minimum Gasteiger partial charge on any atom is -0.368 e. The normalized spacial score (nSPS) is 14.4. The van der Waals surface area contributed by atoms with Crippen LogP contribution in [0.1, 0.15) is 23.2 Å². The summed E-state index contributed by atoms with van der Waals surface area (Å²) in [6, 6.07) is 3.23. The molecule has 0 unspecified atom stereocenters. The zero-order valence-electron chi connectivity index (χ0n) is 11.6. The number of nitrogens with zero attached hydrogens (tertiary/aromatic N) is 3. The molecule has 0 radical (unpaired) electrons. The van der Waals surface area contributed by atoms with Gasteiger partial charge < -0.3 is 16.0 Å². The summed E-state index contributed by atoms with van der Waals surface area (Å²) >= 11 is 12.5. The Labute approximate surface area is 136 Å². The molecule has 2 aromatic rings. The minimum absolute atomic E-state index is 0.138. The molecular formula is C13H14Cl2N6O. The van der Waals surface area contributed by atoms with Gasteiger partial charge in [0.1, 0.15) is 0 Å². The smallest absolute Gasteiger partial charge is 0.256 e. The summed E-state index contributed by atoms with van der Waals surface area (Å²) in [5.41, 5.74) is 6.35. The van der Waals surface area contributed by atoms with Gasteiger partial charge in [-0.1, -0.05) is 23.2 Å². The summed E-state index contributed by atoms with van der Waals surface area (Å²) in [7, 11) is 0. The summed E-state index contributed by atoms with van der Waals surface area (Å²) in [5, 5.41) is 9.86. The molecule has 3 rings (SSSR count). The Balaban J connectivity index is 1.86. The van der Waals surface area contributed by atoms with Crippen molar-refractivity contribution in [3.63, 3.8) is 0 Å². The van der Waals surface area contributed by atoms with E-state index in [2.05, 4.69) is 20.5 Å². The van der Waals surface area contributed by atoms with Crippen LogP contribution >= 0.6 is 23.2 Å². The van der Waals surface area contributed by atoms with E-state index < -0.39 is 0 Å². The van der Waals surface area contributed by atoms with Crippen LogP contribution in [0.3, 0.4) is 0 Å². The molecule has 1 aliphatic heterocycles. The fraction of sp³-hybridized carbons (Fsp3) is 0.308. The van der Waals surface area contributed by atoms with E-state index in [1.54, 1.807) is 17.0 Å². The highest BCUT2D eigenvalue weighted by molar-refractivity contribution is 6.40. The zero-order chi connectivity index (χ0) is 15.7. The van der Waals surface area contributed by atoms with E-state index in [9.17, 15) is 4.79 Å². The lowest BCUT2D eigenvalue weighted by Crippen LogP contribution is -2.28. The number of nitrogens with two attached hydrogens (primary N) is 1. The quantitative estimate of drug-likeness (QED) is 0.797. The van der Waals surface area contributed by atoms with E-state index >= 15 is 0 Å². The third kappa shape index (κ3) is 2.95. The molecular weight excluding hydrogens is 327 g/mol. The molecule has 1 aromatic heterocycles. The zero-order valence-corrected chi connectivity index (χ0v) is 13.1. The van der Waals surface area contributed by atoms with Gasteiger partial charge in [-0.3, -0.25) is 4.79 Å². The van der Waals surface area contributed by atoms with Crippen LogP contribution in [0.2, 0.25) is 10.0 Å². The largest absolute Gasteiger partial charge is 0.368 e. The number of aromatic amines is 1. The Bertz CT molecular complexity index is 687. The third-order valence-corrected chi connectivity index (χ3v) is 4.00. The highest BCUT2D eigenvalue weighted by atomic mass is 35.5. The molecule has 1 aliphatic rings. The number of hydrogen-bond acceptors (Lipinski definition) is 5. The number of nitrogen functional groups attached to an aromatic ring is 1. The second kappa shape index (κ2) is 6.02. The highest BCUT2D eigenvalue weighted by Crippen LogP contribution is 2.31. The Hall–Kier alpha value is -1.99. The van der Waals surface area contributed by atoms with E-state index in [1.807, 2.05) is 0 Å². The number of halogens is 2. The summed E-state index contributed by atoms with van der Waals surface area (Å²) in [4.78, 5) is 18.1. The first-order valence-corrected chi connectivity index (χ1v) is 7.53. The molecule has 116 valence electrons. The van der Waals surface area contributed by atoms with Crippen molar-refractivity contribution in [1.82, 2.24) is 20.1 Å². The van der Waals surface area contributed by atoms with Crippen molar-refractivity contribution < 1.29 is 4.79 Å². The molecule has 0 bridgehead atoms. The number of likely N-dealkylation sites (tertiary alicyclic amines) is 1. The number of benzene rings is 1. The second-order valence-electron chi connectivity index (χ2n) is 4.98. The van der Waals surface area contributed by atoms with Crippen LogP contribution in [0.5, 0.6) is 0 Å². The lowest BCUT2D eigenvalue weighted by Gasteiger charge is -2.17. The van der Waals surface area contributed by atoms with Crippen molar-refractivity contribution in [3.05, 3.63) is 27.7 Å². The van der Waals surface area contributed by atoms with Crippen LogP contribution in [0, 0.1) is 0 Å². The average molecular weight is 341 g/mol. The maximum atomic E-state index is 12.5. The van der Waals surface area contributed by atoms with Crippen molar-refractivity contribution in [1.29, 1.82) is 0 Å². The van der Waals surface area contributed by atoms with Gasteiger partial charge in [0, 0.05) is 18.8 Å². The maximum absolute atomic E-state index is 12.5. The molecule has 9 heteroatoms. The topological polar surface area (TPSA) is 99.9 Å². The minimum atomic E-state index is -0.138. The molecule has 1 saturated heterocycles. The van der Waals surface area contributed by atoms with E-state index in [0.29, 0.717) is 17.2 Å². The van der Waals surface area contributed by atoms with Gasteiger partial charge in [-0.2, -0.15) is 4.98 Å². The maximum Gasteiger partial charge on any atom is 0.256 e. The number of anilines is 3. The predicted molar refractivity (Wildman–Crippen MR) is 85.7 cm³/mol. The third-order valence-electron chi connectivity index (χ3n) is 3.41. The molecule has 22 heavy (non-hydrogen) atoms. The van der Waals surface area contributed by atoms with Crippen LogP contribution < -0.4 is 11.1 Å². The van der Waals surface area contributed by atoms with Gasteiger partial charge >= 0.3 is 0 Å². The molecule has 0 atom stereocenters. The monoisotopic (exact) mass is 340 g/mol. The highest BCUT2D eigenvalue weighted by Gasteiger charge is 2.24. The molecule has 1 aromatic carbocycles. The second-order valence-corrected chi connectivity index (χ2v) is 5.80. The fourth-order valence-corrected chi connectivity index (χ4v) is 3.04. The first-order valence-electron chi connectivity index (χ1n) is 6.78. The number of rotatable bonds is 3. The van der Waals surface area contributed by atoms with Gasteiger partial charge in [-0.25, -0.2) is 5.10 Å². The van der Waals surface area contributed by atoms with Crippen LogP contribution in [0.25, 0.3) is 0 Å². The number of hydrogen-bond donors (Lipinski definition) is 3. The average Bonchev–Trinajstić information content (AvgIpc) is 3.09. The lowest BCUT2D eigenvalue weighted by atomic mass is 10.1. The fourth-order valence-electron chi connectivity index (χ4n) is 2.39. The molecule has 7 nitrogen and oxygen atoms in total. The molecule has 0 aliphatic carbocycles. The van der Waals surface area contributed by atoms with Crippen LogP contribution in [0.4, 0.5) is 17.6 Å². The Morgan fingerprint density at radius 2 is 1.91 bits per heavy atom. The van der Waals surface area contributed by atoms with Gasteiger partial charge in [0.2, 0.25) is 11.9 Å². The van der Waals surface area contributed by atoms with Crippen molar-refractivity contribution >= 4 is 46.7 Å². The van der Waals surface area contributed by atoms with Crippen molar-refractivity contribution in [2.24, 2.45) is 0 Å². The van der Waals surface area contributed by atoms with Gasteiger partial charge in [-0.05, 0) is 25.0 Å². The van der Waals surface area contributed by atoms with Crippen LogP contribution in [-0.4, -0.2) is 39.1 Å². The number of carbonyl (C=O) groups is 1. The first kappa shape index (κ1) is 14.9. The van der Waals surface area contributed by atoms with E-state index in [0.717, 1.165) is 25.9 Å². The summed E-state index contributed by atoms with van der Waals surface area (Å²) in [6.45, 7) is 1.48. The van der Waals surface area contributed by atoms with E-state index in [-0.39, 0.29) is 21.9 Å². The number of amides is 1. The van der Waals surface area contributed by atoms with Gasteiger partial charge in [0.15, 0.2) is 0 Å². The molecule has 0 saturated carbocycles. The SMILES string of the molecule is Nc1nc(Nc2cc(Cl)c(C(=O)N3CCCC3)c(Cl)c2)n[nH]1. The molecule has 2 heterocycles. The predicted octanol–water partition coefficient (Wildman–Crippen LogP) is 2.67. The number of H-pyrrole nitrogens is 1. The standard InChI is InChI=1S/C13H14Cl2N6O/c14-8-5-7(17-13-18-12(16)19-20-13)6-9(15)10(8)11(22)21-3-1-2-4-21/h5-6H,1-4H2,(H4,16,17,18,19,20). The summed E-state index contributed by atoms with van der Waals surface area (Å²) < 4.78 is 0. The lowest BCUT2D eigenvalue weighted by molar-refractivity contribution is 0.0793. The van der Waals surface area contributed by atoms with Crippen LogP contribution in [0.15, 0.2) is 12.1 Å². The molecule has 4 N–H and O–H groups in total. The number of nitrogens with one attached hydrogen (secondary N) is 2. The first-order chi connectivity index (χ1) is 10.5. The van der Waals surface area contributed by atoms with E-state index in [1.165, 1.54) is 0 Å². The Morgan fingerprint density at radius 3 is 2.45 bits per heavy atom. The summed E-state index contributed by atoms with van der Waals surface area (Å²) in [5.74, 6) is 0.352. The number of carbonyl (C=O) groups excluding carboxylic acids is 1. The molecule has 1 amide bonds. The van der Waals surface area contributed by atoms with Gasteiger partial charge in [0.25, 0.3) is 5.91 Å². The molecule has 1 fully saturated rings. The molecule has 0 spiro atoms. The van der Waals surface area contributed by atoms with Crippen molar-refractivity contribution in [2.45, 2.75) is 12.8 Å². The Morgan fingerprint density at radius 1 is 1.27 bits per heavy atom. The van der Waals surface area contributed by atoms with Crippen LogP contribution in [-0.2, 0) is 0 Å². The van der Waals surface area contributed by atoms with Gasteiger partial charge in [0.05, 0.1) is 15.6 Å². The van der Waals surface area contributed by atoms with E-state index in [4.69, 9.17) is 28.9 Å².